The van der Waals surface area contributed by atoms with Crippen molar-refractivity contribution in [1.82, 2.24) is 0 Å². The van der Waals surface area contributed by atoms with E-state index in [9.17, 15) is 8.78 Å². The van der Waals surface area contributed by atoms with Gasteiger partial charge in [-0.1, -0.05) is 0 Å². The fourth-order valence-corrected chi connectivity index (χ4v) is 0. The molecule has 0 aromatic heterocycles. The van der Waals surface area contributed by atoms with Gasteiger partial charge in [0.1, 0.15) is 0 Å². The third-order valence-electron chi connectivity index (χ3n) is 0.0891. The van der Waals surface area contributed by atoms with Crippen LogP contribution in [0.5, 0.6) is 0 Å². The molecule has 0 atom stereocenters. The Morgan fingerprint density at radius 1 is 1.60 bits per heavy atom. The van der Waals surface area contributed by atoms with Gasteiger partial charge in [0.15, 0.2) is 0 Å². The van der Waals surface area contributed by atoms with Gasteiger partial charge < -0.3 is 0 Å². The molecule has 0 spiro atoms. The summed E-state index contributed by atoms with van der Waals surface area (Å²) in [5.74, 6) is 0. The molecule has 0 rings (SSSR count). The summed E-state index contributed by atoms with van der Waals surface area (Å²) in [6, 6.07) is 0. The van der Waals surface area contributed by atoms with Crippen molar-refractivity contribution in [2.24, 2.45) is 0 Å². The predicted octanol–water partition coefficient (Wildman–Crippen LogP) is 0.361. The maximum absolute atomic E-state index is 10.3. The lowest BCUT2D eigenvalue weighted by atomic mass is 10.8. The van der Waals surface area contributed by atoms with E-state index in [2.05, 4.69) is 0 Å². The molecule has 0 saturated carbocycles. The van der Waals surface area contributed by atoms with E-state index in [1.54, 1.807) is 0 Å². The highest BCUT2D eigenvalue weighted by Crippen LogP contribution is 1.80. The normalized spacial score (nSPS) is 8.60. The molecular formula is C2HF2O. The van der Waals surface area contributed by atoms with Crippen LogP contribution in [-0.4, -0.2) is 12.7 Å². The first-order chi connectivity index (χ1) is 2.27. The fraction of sp³-hybridized carbons (Fsp3) is 0.500. The molecule has 3 heteroatoms. The SMILES string of the molecule is O=[C]C(F)F. The second kappa shape index (κ2) is 1.81. The zero-order valence-electron chi connectivity index (χ0n) is 2.24. The lowest BCUT2D eigenvalue weighted by molar-refractivity contribution is 0.218. The third kappa shape index (κ3) is 3.53. The molecule has 0 bridgehead atoms. The van der Waals surface area contributed by atoms with Crippen molar-refractivity contribution in [2.75, 3.05) is 0 Å². The van der Waals surface area contributed by atoms with Crippen LogP contribution in [0.4, 0.5) is 8.78 Å². The van der Waals surface area contributed by atoms with E-state index in [0.717, 1.165) is 0 Å². The van der Waals surface area contributed by atoms with Crippen LogP contribution in [0.15, 0.2) is 0 Å². The Kier molecular flexibility index (Phi) is 1.64. The number of carbonyl (C=O) groups excluding carboxylic acids is 1. The van der Waals surface area contributed by atoms with Gasteiger partial charge >= 0.3 is 6.43 Å². The summed E-state index contributed by atoms with van der Waals surface area (Å²) in [5.41, 5.74) is 0. The first-order valence-corrected chi connectivity index (χ1v) is 0.929. The highest BCUT2D eigenvalue weighted by atomic mass is 19.3. The molecule has 0 aliphatic carbocycles. The van der Waals surface area contributed by atoms with Crippen LogP contribution in [0, 0.1) is 0 Å². The van der Waals surface area contributed by atoms with Crippen molar-refractivity contribution < 1.29 is 13.6 Å². The van der Waals surface area contributed by atoms with Crippen LogP contribution in [0.25, 0.3) is 0 Å². The van der Waals surface area contributed by atoms with Crippen molar-refractivity contribution in [3.63, 3.8) is 0 Å². The molecule has 0 amide bonds. The lowest BCUT2D eigenvalue weighted by Crippen LogP contribution is -1.86. The average Bonchev–Trinajstić information content (AvgIpc) is 1.38. The summed E-state index contributed by atoms with van der Waals surface area (Å²) >= 11 is 0. The molecule has 0 aliphatic rings. The lowest BCUT2D eigenvalue weighted by Gasteiger charge is -1.68. The molecule has 0 aromatic rings. The Labute approximate surface area is 27.6 Å². The van der Waals surface area contributed by atoms with Crippen molar-refractivity contribution in [1.29, 1.82) is 0 Å². The molecule has 0 N–H and O–H groups in total. The van der Waals surface area contributed by atoms with Crippen molar-refractivity contribution >= 4 is 6.29 Å². The van der Waals surface area contributed by atoms with Gasteiger partial charge in [-0.25, -0.2) is 8.78 Å². The Balaban J connectivity index is 2.83. The van der Waals surface area contributed by atoms with E-state index in [1.165, 1.54) is 0 Å². The molecule has 0 saturated heterocycles. The van der Waals surface area contributed by atoms with E-state index in [0.29, 0.717) is 6.29 Å². The average molecular weight is 79.0 g/mol. The molecule has 0 fully saturated rings. The van der Waals surface area contributed by atoms with Crippen molar-refractivity contribution in [3.8, 4) is 0 Å². The topological polar surface area (TPSA) is 17.1 Å². The highest BCUT2D eigenvalue weighted by molar-refractivity contribution is 5.54. The van der Waals surface area contributed by atoms with Gasteiger partial charge in [0.25, 0.3) is 6.29 Å². The molecule has 29 valence electrons. The largest absolute Gasteiger partial charge is 0.303 e. The standard InChI is InChI=1S/C2HF2O/c3-2(4)1-5/h2H. The van der Waals surface area contributed by atoms with Crippen LogP contribution in [0.3, 0.4) is 0 Å². The summed E-state index contributed by atoms with van der Waals surface area (Å²) in [7, 11) is 0. The maximum Gasteiger partial charge on any atom is 0.303 e. The van der Waals surface area contributed by atoms with Gasteiger partial charge in [-0.05, 0) is 0 Å². The number of hydrogen-bond donors (Lipinski definition) is 0. The van der Waals surface area contributed by atoms with E-state index < -0.39 is 6.43 Å². The summed E-state index contributed by atoms with van der Waals surface area (Å²) < 4.78 is 20.7. The molecule has 1 nitrogen and oxygen atoms in total. The minimum absolute atomic E-state index is 0.444. The summed E-state index contributed by atoms with van der Waals surface area (Å²) in [6.45, 7) is 0. The molecule has 1 radical (unpaired) electrons. The first kappa shape index (κ1) is 4.53. The van der Waals surface area contributed by atoms with Crippen LogP contribution in [0.1, 0.15) is 0 Å². The number of rotatable bonds is 1. The third-order valence-corrected chi connectivity index (χ3v) is 0.0891. The van der Waals surface area contributed by atoms with Crippen molar-refractivity contribution in [3.05, 3.63) is 0 Å². The van der Waals surface area contributed by atoms with Gasteiger partial charge in [-0.15, -0.1) is 0 Å². The van der Waals surface area contributed by atoms with E-state index in [1.807, 2.05) is 0 Å². The quantitative estimate of drug-likeness (QED) is 0.443. The Morgan fingerprint density at radius 3 is 1.80 bits per heavy atom. The first-order valence-electron chi connectivity index (χ1n) is 0.929. The van der Waals surface area contributed by atoms with E-state index in [-0.39, 0.29) is 0 Å². The van der Waals surface area contributed by atoms with Crippen LogP contribution >= 0.6 is 0 Å². The number of halogens is 2. The fourth-order valence-electron chi connectivity index (χ4n) is 0. The second-order valence-corrected chi connectivity index (χ2v) is 0.419. The summed E-state index contributed by atoms with van der Waals surface area (Å²) in [4.78, 5) is 8.63. The second-order valence-electron chi connectivity index (χ2n) is 0.419. The predicted molar refractivity (Wildman–Crippen MR) is 11.7 cm³/mol. The molecule has 0 aliphatic heterocycles. The monoisotopic (exact) mass is 79.0 g/mol. The maximum atomic E-state index is 10.3. The Morgan fingerprint density at radius 2 is 1.80 bits per heavy atom. The molecule has 0 aromatic carbocycles. The smallest absolute Gasteiger partial charge is 0.284 e. The van der Waals surface area contributed by atoms with E-state index >= 15 is 0 Å². The molecule has 0 heterocycles. The minimum atomic E-state index is -2.92. The summed E-state index contributed by atoms with van der Waals surface area (Å²) in [6.07, 6.45) is -2.48. The molecule has 0 unspecified atom stereocenters. The van der Waals surface area contributed by atoms with Gasteiger partial charge in [-0.3, -0.25) is 4.79 Å². The van der Waals surface area contributed by atoms with Gasteiger partial charge in [0, 0.05) is 0 Å². The molecule has 5 heavy (non-hydrogen) atoms. The van der Waals surface area contributed by atoms with Crippen molar-refractivity contribution in [2.45, 2.75) is 6.43 Å². The van der Waals surface area contributed by atoms with Crippen LogP contribution < -0.4 is 0 Å². The van der Waals surface area contributed by atoms with Gasteiger partial charge in [-0.2, -0.15) is 0 Å². The Hall–Kier alpha value is -0.470. The summed E-state index contributed by atoms with van der Waals surface area (Å²) in [5, 5.41) is 0. The number of alkyl halides is 2. The molecular weight excluding hydrogens is 78.0 g/mol. The zero-order chi connectivity index (χ0) is 4.28. The van der Waals surface area contributed by atoms with E-state index in [4.69, 9.17) is 4.79 Å². The van der Waals surface area contributed by atoms with Crippen LogP contribution in [-0.2, 0) is 4.79 Å². The van der Waals surface area contributed by atoms with Crippen LogP contribution in [0.2, 0.25) is 0 Å². The highest BCUT2D eigenvalue weighted by Gasteiger charge is 1.94. The van der Waals surface area contributed by atoms with Gasteiger partial charge in [0.05, 0.1) is 0 Å². The Bertz CT molecular complexity index is 34.6. The minimum Gasteiger partial charge on any atom is -0.284 e. The number of hydrogen-bond acceptors (Lipinski definition) is 1. The zero-order valence-corrected chi connectivity index (χ0v) is 2.24. The van der Waals surface area contributed by atoms with Gasteiger partial charge in [0.2, 0.25) is 0 Å².